The molecule has 0 spiro atoms. The molecule has 9 rings (SSSR count). The van der Waals surface area contributed by atoms with Crippen molar-refractivity contribution in [1.29, 1.82) is 0 Å². The molecule has 1 saturated heterocycles. The molecular weight excluding hydrogens is 990 g/mol. The van der Waals surface area contributed by atoms with Gasteiger partial charge in [0, 0.05) is 11.1 Å². The zero-order valence-electron chi connectivity index (χ0n) is 33.8. The van der Waals surface area contributed by atoms with E-state index in [0.717, 1.165) is 31.1 Å². The van der Waals surface area contributed by atoms with Crippen LogP contribution in [0.5, 0.6) is 0 Å². The van der Waals surface area contributed by atoms with Gasteiger partial charge < -0.3 is 16.5 Å². The minimum absolute atomic E-state index is 0.408. The average Bonchev–Trinajstić information content (AvgIpc) is 3.33. The van der Waals surface area contributed by atoms with Gasteiger partial charge in [-0.2, -0.15) is 0 Å². The number of benzene rings is 8. The van der Waals surface area contributed by atoms with Crippen molar-refractivity contribution in [2.24, 2.45) is 0 Å². The van der Waals surface area contributed by atoms with Gasteiger partial charge in [-0.1, -0.05) is 300 Å². The van der Waals surface area contributed by atoms with Gasteiger partial charge in [-0.25, -0.2) is 0 Å². The molecule has 0 amide bonds. The second-order valence-corrected chi connectivity index (χ2v) is 32.6. The minimum Gasteiger partial charge on any atom is -0.402 e. The molecule has 0 bridgehead atoms. The molecule has 320 valence electrons. The summed E-state index contributed by atoms with van der Waals surface area (Å²) in [4.78, 5) is 0. The van der Waals surface area contributed by atoms with Gasteiger partial charge in [-0.3, -0.25) is 0 Å². The normalized spacial score (nSPS) is 16.8. The monoisotopic (exact) mass is 1020 g/mol. The van der Waals surface area contributed by atoms with Crippen LogP contribution in [0.2, 0.25) is 0 Å². The lowest BCUT2D eigenvalue weighted by Crippen LogP contribution is -2.88. The Balaban J connectivity index is 1.53. The molecule has 0 aliphatic carbocycles. The smallest absolute Gasteiger partial charge is 0.390 e. The van der Waals surface area contributed by atoms with Gasteiger partial charge in [0.05, 0.1) is 0 Å². The van der Waals surface area contributed by atoms with Crippen LogP contribution < -0.4 is 41.5 Å². The Morgan fingerprint density at radius 2 is 0.422 bits per heavy atom. The van der Waals surface area contributed by atoms with Gasteiger partial charge in [-0.05, 0) is 41.5 Å². The number of halogens is 6. The molecule has 14 heteroatoms. The topological polar surface area (TPSA) is 36.9 Å². The molecule has 0 radical (unpaired) electrons. The fourth-order valence-electron chi connectivity index (χ4n) is 8.25. The summed E-state index contributed by atoms with van der Waals surface area (Å²) in [6, 6.07) is 75.7. The van der Waals surface area contributed by atoms with Crippen molar-refractivity contribution in [2.75, 3.05) is 0 Å². The zero-order valence-corrected chi connectivity index (χ0v) is 42.4. The van der Waals surface area contributed by atoms with E-state index in [4.69, 9.17) is 86.1 Å². The summed E-state index contributed by atoms with van der Waals surface area (Å²) in [6.07, 6.45) is 0. The van der Waals surface area contributed by atoms with Gasteiger partial charge in [0.2, 0.25) is 7.59 Å². The van der Waals surface area contributed by atoms with E-state index in [0.29, 0.717) is 21.5 Å². The summed E-state index contributed by atoms with van der Waals surface area (Å²) >= 11 is 40.6. The van der Waals surface area contributed by atoms with E-state index in [9.17, 15) is 0 Å². The van der Waals surface area contributed by atoms with Gasteiger partial charge in [0.25, 0.3) is 0 Å². The molecular formula is C50H38Cl6O4Si4. The fourth-order valence-corrected chi connectivity index (χ4v) is 31.6. The fraction of sp³-hybridized carbons (Fsp3) is 0.0400. The summed E-state index contributed by atoms with van der Waals surface area (Å²) in [5.74, 6) is 0. The molecule has 4 nitrogen and oxygen atoms in total. The van der Waals surface area contributed by atoms with E-state index in [1.165, 1.54) is 0 Å². The highest BCUT2D eigenvalue weighted by Crippen LogP contribution is 2.40. The van der Waals surface area contributed by atoms with Crippen LogP contribution in [0.15, 0.2) is 231 Å². The first-order valence-electron chi connectivity index (χ1n) is 20.4. The standard InChI is InChI=1S/C50H38Cl6O4Si4/c51-49(52,53)39-21-19-35-47(37-39)64(48-36-20-22-40(38-48)50(54,55)56)59-62(43-27-11-3-12-28-43,44-29-13-4-14-30-44)57-61(41-23-7-1-8-24-41,42-25-9-2-10-26-42)58-63(60-64,45-31-15-5-16-32-45)46-33-17-6-18-34-46/h1-38H. The zero-order chi connectivity index (χ0) is 44.5. The van der Waals surface area contributed by atoms with Gasteiger partial charge in [-0.15, -0.1) is 0 Å². The van der Waals surface area contributed by atoms with Crippen LogP contribution in [-0.2, 0) is 24.0 Å². The van der Waals surface area contributed by atoms with E-state index >= 15 is 0 Å². The van der Waals surface area contributed by atoms with Crippen molar-refractivity contribution >= 4 is 145 Å². The Hall–Kier alpha value is -3.79. The highest BCUT2D eigenvalue weighted by molar-refractivity contribution is 7.16. The van der Waals surface area contributed by atoms with Crippen LogP contribution in [0.4, 0.5) is 0 Å². The molecule has 0 unspecified atom stereocenters. The van der Waals surface area contributed by atoms with Crippen molar-refractivity contribution in [1.82, 2.24) is 0 Å². The van der Waals surface area contributed by atoms with Gasteiger partial charge >= 0.3 is 34.2 Å². The second kappa shape index (κ2) is 18.5. The van der Waals surface area contributed by atoms with Crippen molar-refractivity contribution in [3.8, 4) is 0 Å². The van der Waals surface area contributed by atoms with Crippen LogP contribution in [0, 0.1) is 0 Å². The molecule has 1 aliphatic rings. The van der Waals surface area contributed by atoms with Crippen molar-refractivity contribution in [2.45, 2.75) is 7.59 Å². The van der Waals surface area contributed by atoms with Crippen LogP contribution in [0.1, 0.15) is 11.1 Å². The highest BCUT2D eigenvalue weighted by atomic mass is 35.6. The van der Waals surface area contributed by atoms with E-state index < -0.39 is 41.8 Å². The third kappa shape index (κ3) is 8.67. The third-order valence-corrected chi connectivity index (χ3v) is 30.4. The number of rotatable bonds is 8. The Bertz CT molecular complexity index is 2550. The Kier molecular flexibility index (Phi) is 13.1. The molecule has 8 aromatic rings. The molecule has 0 saturated carbocycles. The predicted molar refractivity (Wildman–Crippen MR) is 274 cm³/mol. The molecule has 64 heavy (non-hydrogen) atoms. The SMILES string of the molecule is ClC(Cl)(Cl)c1cccc([Si]2(c3cccc(C(Cl)(Cl)Cl)c3)O[Si](c3ccccc3)(c3ccccc3)O[Si](c3ccccc3)(c3ccccc3)O[Si](c3ccccc3)(c3ccccc3)O2)c1. The Morgan fingerprint density at radius 1 is 0.234 bits per heavy atom. The summed E-state index contributed by atoms with van der Waals surface area (Å²) < 4.78 is 30.3. The second-order valence-electron chi connectivity index (χ2n) is 15.2. The molecule has 8 aromatic carbocycles. The van der Waals surface area contributed by atoms with Gasteiger partial charge in [0.15, 0.2) is 0 Å². The van der Waals surface area contributed by atoms with Gasteiger partial charge in [0.1, 0.15) is 0 Å². The summed E-state index contributed by atoms with van der Waals surface area (Å²) in [5, 5.41) is 6.24. The minimum atomic E-state index is -4.46. The first-order valence-corrected chi connectivity index (χ1v) is 29.9. The molecule has 1 heterocycles. The molecule has 1 aliphatic heterocycles. The predicted octanol–water partition coefficient (Wildman–Crippen LogP) is 8.75. The first-order chi connectivity index (χ1) is 30.9. The van der Waals surface area contributed by atoms with Crippen molar-refractivity contribution < 1.29 is 16.5 Å². The van der Waals surface area contributed by atoms with Crippen molar-refractivity contribution in [3.05, 3.63) is 242 Å². The van der Waals surface area contributed by atoms with E-state index in [2.05, 4.69) is 72.8 Å². The van der Waals surface area contributed by atoms with Crippen LogP contribution in [-0.4, -0.2) is 34.2 Å². The summed E-state index contributed by atoms with van der Waals surface area (Å²) in [7, 11) is -17.0. The van der Waals surface area contributed by atoms with Crippen LogP contribution in [0.25, 0.3) is 0 Å². The number of alkyl halides is 6. The van der Waals surface area contributed by atoms with E-state index in [1.807, 2.05) is 146 Å². The lowest BCUT2D eigenvalue weighted by Gasteiger charge is -2.53. The molecule has 0 atom stereocenters. The molecule has 1 fully saturated rings. The number of hydrogen-bond donors (Lipinski definition) is 0. The Labute approximate surface area is 407 Å². The third-order valence-electron chi connectivity index (χ3n) is 11.2. The quantitative estimate of drug-likeness (QED) is 0.113. The lowest BCUT2D eigenvalue weighted by molar-refractivity contribution is 0.268. The lowest BCUT2D eigenvalue weighted by atomic mass is 10.2. The Morgan fingerprint density at radius 3 is 0.625 bits per heavy atom. The summed E-state index contributed by atoms with van der Waals surface area (Å²) in [5.41, 5.74) is 0.817. The summed E-state index contributed by atoms with van der Waals surface area (Å²) in [6.45, 7) is 0. The first kappa shape index (κ1) is 45.4. The maximum absolute atomic E-state index is 8.51. The molecule has 0 aromatic heterocycles. The van der Waals surface area contributed by atoms with Crippen LogP contribution >= 0.6 is 69.6 Å². The number of hydrogen-bond acceptors (Lipinski definition) is 4. The average molecular weight is 1030 g/mol. The van der Waals surface area contributed by atoms with E-state index in [-0.39, 0.29) is 0 Å². The van der Waals surface area contributed by atoms with E-state index in [1.54, 1.807) is 12.1 Å². The van der Waals surface area contributed by atoms with Crippen LogP contribution in [0.3, 0.4) is 0 Å². The molecule has 0 N–H and O–H groups in total. The largest absolute Gasteiger partial charge is 0.402 e. The maximum atomic E-state index is 8.51. The highest BCUT2D eigenvalue weighted by Gasteiger charge is 2.68. The maximum Gasteiger partial charge on any atom is 0.390 e. The van der Waals surface area contributed by atoms with Crippen molar-refractivity contribution in [3.63, 3.8) is 0 Å².